The fourth-order valence-corrected chi connectivity index (χ4v) is 2.17. The Bertz CT molecular complexity index is 559. The molecule has 0 saturated carbocycles. The van der Waals surface area contributed by atoms with Gasteiger partial charge in [-0.05, 0) is 38.8 Å². The number of anilines is 1. The lowest BCUT2D eigenvalue weighted by atomic mass is 9.99. The van der Waals surface area contributed by atoms with Crippen LogP contribution in [0.3, 0.4) is 0 Å². The summed E-state index contributed by atoms with van der Waals surface area (Å²) in [5.74, 6) is -0.907. The van der Waals surface area contributed by atoms with Gasteiger partial charge >= 0.3 is 12.0 Å². The summed E-state index contributed by atoms with van der Waals surface area (Å²) in [6, 6.07) is 2.91. The molecule has 116 valence electrons. The molecule has 7 heteroatoms. The van der Waals surface area contributed by atoms with E-state index >= 15 is 0 Å². The zero-order valence-corrected chi connectivity index (χ0v) is 13.6. The van der Waals surface area contributed by atoms with Crippen molar-refractivity contribution in [1.29, 1.82) is 0 Å². The van der Waals surface area contributed by atoms with E-state index in [1.165, 1.54) is 0 Å². The highest BCUT2D eigenvalue weighted by molar-refractivity contribution is 6.40. The molecule has 0 atom stereocenters. The topological polar surface area (TPSA) is 78.4 Å². The van der Waals surface area contributed by atoms with Crippen LogP contribution in [0.15, 0.2) is 12.1 Å². The first-order chi connectivity index (χ1) is 9.62. The van der Waals surface area contributed by atoms with Gasteiger partial charge in [0.25, 0.3) is 0 Å². The number of rotatable bonds is 5. The average Bonchev–Trinajstić information content (AvgIpc) is 2.36. The Balaban J connectivity index is 2.74. The van der Waals surface area contributed by atoms with E-state index in [-0.39, 0.29) is 6.42 Å². The van der Waals surface area contributed by atoms with Gasteiger partial charge in [0.15, 0.2) is 0 Å². The standard InChI is InChI=1S/C14H18Cl2N2O3/c1-8-4-5-9(15)12(11(8)16)17-13(21)18-14(2,3)7-6-10(19)20/h4-5H,6-7H2,1-3H3,(H,19,20)(H2,17,18,21). The predicted octanol–water partition coefficient (Wildman–Crippen LogP) is 4.07. The Labute approximate surface area is 133 Å². The maximum absolute atomic E-state index is 12.0. The molecule has 0 aromatic heterocycles. The Morgan fingerprint density at radius 3 is 2.48 bits per heavy atom. The van der Waals surface area contributed by atoms with Crippen LogP contribution in [0.4, 0.5) is 10.5 Å². The molecule has 0 aliphatic rings. The van der Waals surface area contributed by atoms with E-state index in [2.05, 4.69) is 10.6 Å². The number of hydrogen-bond donors (Lipinski definition) is 3. The Morgan fingerprint density at radius 1 is 1.29 bits per heavy atom. The van der Waals surface area contributed by atoms with Crippen molar-refractivity contribution in [2.75, 3.05) is 5.32 Å². The Hall–Kier alpha value is -1.46. The van der Waals surface area contributed by atoms with Gasteiger partial charge in [-0.25, -0.2) is 4.79 Å². The largest absolute Gasteiger partial charge is 0.481 e. The summed E-state index contributed by atoms with van der Waals surface area (Å²) >= 11 is 12.1. The number of urea groups is 1. The first kappa shape index (κ1) is 17.6. The normalized spacial score (nSPS) is 11.1. The highest BCUT2D eigenvalue weighted by Crippen LogP contribution is 2.32. The van der Waals surface area contributed by atoms with Gasteiger partial charge in [0.1, 0.15) is 0 Å². The Kier molecular flexibility index (Phi) is 5.87. The number of hydrogen-bond acceptors (Lipinski definition) is 2. The van der Waals surface area contributed by atoms with Crippen LogP contribution in [-0.2, 0) is 4.79 Å². The van der Waals surface area contributed by atoms with Gasteiger partial charge < -0.3 is 15.7 Å². The molecule has 0 bridgehead atoms. The summed E-state index contributed by atoms with van der Waals surface area (Å²) in [5, 5.41) is 14.7. The number of halogens is 2. The van der Waals surface area contributed by atoms with E-state index in [0.717, 1.165) is 5.56 Å². The van der Waals surface area contributed by atoms with Crippen molar-refractivity contribution in [1.82, 2.24) is 5.32 Å². The molecule has 1 aromatic carbocycles. The summed E-state index contributed by atoms with van der Waals surface area (Å²) in [7, 11) is 0. The van der Waals surface area contributed by atoms with E-state index in [1.807, 2.05) is 0 Å². The van der Waals surface area contributed by atoms with E-state index < -0.39 is 17.5 Å². The van der Waals surface area contributed by atoms with Crippen molar-refractivity contribution in [2.45, 2.75) is 39.2 Å². The molecule has 2 amide bonds. The van der Waals surface area contributed by atoms with Crippen molar-refractivity contribution >= 4 is 40.9 Å². The second-order valence-electron chi connectivity index (χ2n) is 5.41. The van der Waals surface area contributed by atoms with E-state index in [4.69, 9.17) is 28.3 Å². The van der Waals surface area contributed by atoms with Crippen LogP contribution in [-0.4, -0.2) is 22.6 Å². The monoisotopic (exact) mass is 332 g/mol. The maximum atomic E-state index is 12.0. The van der Waals surface area contributed by atoms with Crippen LogP contribution in [0.25, 0.3) is 0 Å². The number of carboxylic acid groups (broad SMARTS) is 1. The first-order valence-corrected chi connectivity index (χ1v) is 7.13. The van der Waals surface area contributed by atoms with Crippen LogP contribution in [0.2, 0.25) is 10.0 Å². The molecular weight excluding hydrogens is 315 g/mol. The van der Waals surface area contributed by atoms with Gasteiger partial charge in [-0.15, -0.1) is 0 Å². The molecule has 21 heavy (non-hydrogen) atoms. The highest BCUT2D eigenvalue weighted by atomic mass is 35.5. The van der Waals surface area contributed by atoms with E-state index in [1.54, 1.807) is 32.9 Å². The maximum Gasteiger partial charge on any atom is 0.319 e. The quantitative estimate of drug-likeness (QED) is 0.760. The van der Waals surface area contributed by atoms with Crippen molar-refractivity contribution in [3.05, 3.63) is 27.7 Å². The fraction of sp³-hybridized carbons (Fsp3) is 0.429. The van der Waals surface area contributed by atoms with E-state index in [9.17, 15) is 9.59 Å². The number of carboxylic acids is 1. The predicted molar refractivity (Wildman–Crippen MR) is 84.3 cm³/mol. The molecule has 3 N–H and O–H groups in total. The Morgan fingerprint density at radius 2 is 1.90 bits per heavy atom. The van der Waals surface area contributed by atoms with E-state index in [0.29, 0.717) is 22.2 Å². The molecule has 0 saturated heterocycles. The summed E-state index contributed by atoms with van der Waals surface area (Å²) in [6.45, 7) is 5.29. The molecule has 5 nitrogen and oxygen atoms in total. The minimum absolute atomic E-state index is 0.0285. The summed E-state index contributed by atoms with van der Waals surface area (Å²) < 4.78 is 0. The van der Waals surface area contributed by atoms with Crippen LogP contribution < -0.4 is 10.6 Å². The van der Waals surface area contributed by atoms with Crippen LogP contribution in [0.1, 0.15) is 32.3 Å². The van der Waals surface area contributed by atoms with Crippen molar-refractivity contribution < 1.29 is 14.7 Å². The third kappa shape index (κ3) is 5.44. The van der Waals surface area contributed by atoms with Gasteiger partial charge in [0, 0.05) is 12.0 Å². The van der Waals surface area contributed by atoms with Crippen molar-refractivity contribution in [3.8, 4) is 0 Å². The first-order valence-electron chi connectivity index (χ1n) is 6.38. The summed E-state index contributed by atoms with van der Waals surface area (Å²) in [6.07, 6.45) is 0.282. The average molecular weight is 333 g/mol. The fourth-order valence-electron chi connectivity index (χ4n) is 1.71. The second kappa shape index (κ2) is 7.00. The summed E-state index contributed by atoms with van der Waals surface area (Å²) in [4.78, 5) is 22.6. The zero-order valence-electron chi connectivity index (χ0n) is 12.1. The molecular formula is C14H18Cl2N2O3. The number of aliphatic carboxylic acids is 1. The van der Waals surface area contributed by atoms with Gasteiger partial charge in [0.05, 0.1) is 15.7 Å². The minimum atomic E-state index is -0.907. The summed E-state index contributed by atoms with van der Waals surface area (Å²) in [5.41, 5.74) is 0.469. The van der Waals surface area contributed by atoms with Gasteiger partial charge in [-0.1, -0.05) is 29.3 Å². The molecule has 0 aliphatic heterocycles. The third-order valence-electron chi connectivity index (χ3n) is 2.94. The van der Waals surface area contributed by atoms with Gasteiger partial charge in [-0.3, -0.25) is 4.79 Å². The van der Waals surface area contributed by atoms with Crippen molar-refractivity contribution in [2.24, 2.45) is 0 Å². The molecule has 0 fully saturated rings. The number of carbonyl (C=O) groups excluding carboxylic acids is 1. The van der Waals surface area contributed by atoms with Crippen LogP contribution in [0, 0.1) is 6.92 Å². The molecule has 0 unspecified atom stereocenters. The molecule has 1 rings (SSSR count). The number of amides is 2. The smallest absolute Gasteiger partial charge is 0.319 e. The highest BCUT2D eigenvalue weighted by Gasteiger charge is 2.22. The lowest BCUT2D eigenvalue weighted by Gasteiger charge is -2.26. The lowest BCUT2D eigenvalue weighted by molar-refractivity contribution is -0.137. The van der Waals surface area contributed by atoms with Gasteiger partial charge in [0.2, 0.25) is 0 Å². The lowest BCUT2D eigenvalue weighted by Crippen LogP contribution is -2.45. The van der Waals surface area contributed by atoms with Crippen LogP contribution in [0.5, 0.6) is 0 Å². The third-order valence-corrected chi connectivity index (χ3v) is 3.74. The molecule has 0 heterocycles. The van der Waals surface area contributed by atoms with Crippen LogP contribution >= 0.6 is 23.2 Å². The number of benzene rings is 1. The number of aryl methyl sites for hydroxylation is 1. The molecule has 0 spiro atoms. The number of carbonyl (C=O) groups is 2. The van der Waals surface area contributed by atoms with Gasteiger partial charge in [-0.2, -0.15) is 0 Å². The SMILES string of the molecule is Cc1ccc(Cl)c(NC(=O)NC(C)(C)CCC(=O)O)c1Cl. The minimum Gasteiger partial charge on any atom is -0.481 e. The molecule has 0 aliphatic carbocycles. The number of nitrogens with one attached hydrogen (secondary N) is 2. The second-order valence-corrected chi connectivity index (χ2v) is 6.20. The zero-order chi connectivity index (χ0) is 16.2. The molecule has 1 aromatic rings. The molecule has 0 radical (unpaired) electrons. The van der Waals surface area contributed by atoms with Crippen molar-refractivity contribution in [3.63, 3.8) is 0 Å².